The molecule has 1 fully saturated rings. The summed E-state index contributed by atoms with van der Waals surface area (Å²) in [6, 6.07) is 15.1. The fourth-order valence-corrected chi connectivity index (χ4v) is 3.26. The van der Waals surface area contributed by atoms with Gasteiger partial charge in [0.2, 0.25) is 0 Å². The van der Waals surface area contributed by atoms with Gasteiger partial charge in [-0.25, -0.2) is 0 Å². The van der Waals surface area contributed by atoms with Crippen LogP contribution in [0.1, 0.15) is 40.7 Å². The second-order valence-corrected chi connectivity index (χ2v) is 6.67. The summed E-state index contributed by atoms with van der Waals surface area (Å²) in [6.07, 6.45) is 10.0. The van der Waals surface area contributed by atoms with E-state index in [0.29, 0.717) is 0 Å². The average molecular weight is 321 g/mol. The number of aldehydes is 1. The van der Waals surface area contributed by atoms with Crippen LogP contribution in [0.25, 0.3) is 0 Å². The molecule has 0 heterocycles. The van der Waals surface area contributed by atoms with Crippen molar-refractivity contribution >= 4 is 12.0 Å². The summed E-state index contributed by atoms with van der Waals surface area (Å²) in [5, 5.41) is 0. The quantitative estimate of drug-likeness (QED) is 0.436. The van der Waals surface area contributed by atoms with Crippen LogP contribution >= 0.6 is 0 Å². The van der Waals surface area contributed by atoms with E-state index >= 15 is 0 Å². The van der Waals surface area contributed by atoms with Gasteiger partial charge in [0, 0.05) is 11.3 Å². The molecule has 2 bridgehead atoms. The highest BCUT2D eigenvalue weighted by molar-refractivity contribution is 5.74. The topological polar surface area (TPSA) is 43.1 Å². The van der Waals surface area contributed by atoms with E-state index in [0.717, 1.165) is 29.4 Å². The van der Waals surface area contributed by atoms with Crippen LogP contribution in [0.4, 0.5) is 5.69 Å². The second-order valence-electron chi connectivity index (χ2n) is 6.67. The third-order valence-electron chi connectivity index (χ3n) is 4.35. The number of carbonyl (C=O) groups is 1. The maximum atomic E-state index is 10.0. The highest BCUT2D eigenvalue weighted by Gasteiger charge is 2.25. The van der Waals surface area contributed by atoms with E-state index in [1.54, 1.807) is 12.1 Å². The van der Waals surface area contributed by atoms with Crippen molar-refractivity contribution in [1.29, 1.82) is 0 Å². The van der Waals surface area contributed by atoms with Gasteiger partial charge in [-0.3, -0.25) is 4.79 Å². The summed E-state index contributed by atoms with van der Waals surface area (Å²) in [5.41, 5.74) is 9.60. The molecular formula is C22H27NO. The second kappa shape index (κ2) is 9.07. The van der Waals surface area contributed by atoms with Crippen LogP contribution in [0.5, 0.6) is 0 Å². The van der Waals surface area contributed by atoms with Gasteiger partial charge < -0.3 is 5.73 Å². The van der Waals surface area contributed by atoms with Crippen LogP contribution in [0.3, 0.4) is 0 Å². The number of rotatable bonds is 1. The molecule has 0 aliphatic heterocycles. The van der Waals surface area contributed by atoms with Gasteiger partial charge in [0.15, 0.2) is 0 Å². The summed E-state index contributed by atoms with van der Waals surface area (Å²) in [7, 11) is 0. The Labute approximate surface area is 145 Å². The number of fused-ring (bicyclic) bond motifs is 2. The van der Waals surface area contributed by atoms with Crippen molar-refractivity contribution in [2.75, 3.05) is 5.73 Å². The molecule has 1 saturated carbocycles. The molecule has 24 heavy (non-hydrogen) atoms. The van der Waals surface area contributed by atoms with Crippen LogP contribution in [-0.4, -0.2) is 6.29 Å². The maximum absolute atomic E-state index is 10.0. The summed E-state index contributed by atoms with van der Waals surface area (Å²) in [4.78, 5) is 10.0. The first kappa shape index (κ1) is 18.0. The molecule has 2 aromatic carbocycles. The molecule has 2 atom stereocenters. The first-order valence-electron chi connectivity index (χ1n) is 8.59. The van der Waals surface area contributed by atoms with Crippen LogP contribution < -0.4 is 5.73 Å². The lowest BCUT2D eigenvalue weighted by molar-refractivity contribution is 0.112. The lowest BCUT2D eigenvalue weighted by atomic mass is 10.1. The van der Waals surface area contributed by atoms with Crippen molar-refractivity contribution in [2.45, 2.75) is 33.1 Å². The first-order valence-corrected chi connectivity index (χ1v) is 8.59. The van der Waals surface area contributed by atoms with Crippen molar-refractivity contribution in [2.24, 2.45) is 11.8 Å². The number of carbonyl (C=O) groups excluding carboxylic acids is 1. The monoisotopic (exact) mass is 321 g/mol. The van der Waals surface area contributed by atoms with Crippen LogP contribution in [0.15, 0.2) is 60.7 Å². The highest BCUT2D eigenvalue weighted by Crippen LogP contribution is 2.38. The highest BCUT2D eigenvalue weighted by atomic mass is 16.1. The van der Waals surface area contributed by atoms with Crippen molar-refractivity contribution in [1.82, 2.24) is 0 Å². The molecule has 0 aromatic heterocycles. The Hall–Kier alpha value is -2.35. The third-order valence-corrected chi connectivity index (χ3v) is 4.35. The summed E-state index contributed by atoms with van der Waals surface area (Å²) in [5.74, 6) is 1.98. The molecule has 2 heteroatoms. The predicted octanol–water partition coefficient (Wildman–Crippen LogP) is 5.36. The number of hydrogen-bond acceptors (Lipinski definition) is 2. The number of benzene rings is 2. The molecule has 2 unspecified atom stereocenters. The van der Waals surface area contributed by atoms with Gasteiger partial charge in [0.1, 0.15) is 6.29 Å². The van der Waals surface area contributed by atoms with Crippen LogP contribution in [0, 0.1) is 25.7 Å². The molecule has 2 N–H and O–H groups in total. The van der Waals surface area contributed by atoms with Gasteiger partial charge in [-0.05, 0) is 68.2 Å². The van der Waals surface area contributed by atoms with E-state index in [1.807, 2.05) is 44.2 Å². The Balaban J connectivity index is 0.000000131. The normalized spacial score (nSPS) is 19.8. The van der Waals surface area contributed by atoms with Crippen molar-refractivity contribution in [3.63, 3.8) is 0 Å². The van der Waals surface area contributed by atoms with Gasteiger partial charge in [-0.15, -0.1) is 0 Å². The van der Waals surface area contributed by atoms with Gasteiger partial charge in [0.25, 0.3) is 0 Å². The number of nitrogen functional groups attached to an aromatic ring is 1. The van der Waals surface area contributed by atoms with E-state index < -0.39 is 0 Å². The lowest BCUT2D eigenvalue weighted by Gasteiger charge is -1.97. The minimum atomic E-state index is 0.729. The zero-order chi connectivity index (χ0) is 17.4. The standard InChI is InChI=1S/C8H11N.C7H6O.C7H10/c1-6-3-7(2)5-8(9)4-6;8-6-7-4-2-1-3-5-7;1-2-7-4-3-6(1)5-7/h3-5H,9H2,1-2H3;1-6H;1-2,6-7H,3-5H2. The summed E-state index contributed by atoms with van der Waals surface area (Å²) < 4.78 is 0. The van der Waals surface area contributed by atoms with Crippen molar-refractivity contribution < 1.29 is 4.79 Å². The Kier molecular flexibility index (Phi) is 6.80. The Bertz CT molecular complexity index is 613. The van der Waals surface area contributed by atoms with Gasteiger partial charge in [0.05, 0.1) is 0 Å². The van der Waals surface area contributed by atoms with Crippen molar-refractivity contribution in [3.8, 4) is 0 Å². The van der Waals surface area contributed by atoms with Gasteiger partial charge in [-0.2, -0.15) is 0 Å². The van der Waals surface area contributed by atoms with E-state index in [1.165, 1.54) is 30.4 Å². The molecule has 2 nitrogen and oxygen atoms in total. The van der Waals surface area contributed by atoms with E-state index in [2.05, 4.69) is 18.2 Å². The minimum Gasteiger partial charge on any atom is -0.399 e. The van der Waals surface area contributed by atoms with Crippen LogP contribution in [-0.2, 0) is 0 Å². The Morgan fingerprint density at radius 2 is 1.46 bits per heavy atom. The van der Waals surface area contributed by atoms with Gasteiger partial charge >= 0.3 is 0 Å². The SMILES string of the molecule is C1=CC2CCC1C2.Cc1cc(C)cc(N)c1.O=Cc1ccccc1. The Morgan fingerprint density at radius 3 is 1.75 bits per heavy atom. The smallest absolute Gasteiger partial charge is 0.150 e. The number of hydrogen-bond donors (Lipinski definition) is 1. The molecule has 2 aliphatic carbocycles. The first-order chi connectivity index (χ1) is 11.6. The summed E-state index contributed by atoms with van der Waals surface area (Å²) in [6.45, 7) is 4.09. The van der Waals surface area contributed by atoms with Gasteiger partial charge in [-0.1, -0.05) is 48.6 Å². The molecule has 2 aliphatic rings. The average Bonchev–Trinajstić information content (AvgIpc) is 3.21. The molecule has 0 amide bonds. The van der Waals surface area contributed by atoms with E-state index in [4.69, 9.17) is 5.73 Å². The molecule has 0 saturated heterocycles. The third kappa shape index (κ3) is 6.04. The molecule has 4 rings (SSSR count). The fourth-order valence-electron chi connectivity index (χ4n) is 3.26. The molecule has 0 radical (unpaired) electrons. The van der Waals surface area contributed by atoms with E-state index in [9.17, 15) is 4.79 Å². The van der Waals surface area contributed by atoms with E-state index in [-0.39, 0.29) is 0 Å². The van der Waals surface area contributed by atoms with Crippen LogP contribution in [0.2, 0.25) is 0 Å². The molecule has 0 spiro atoms. The zero-order valence-corrected chi connectivity index (χ0v) is 14.6. The summed E-state index contributed by atoms with van der Waals surface area (Å²) >= 11 is 0. The lowest BCUT2D eigenvalue weighted by Crippen LogP contribution is -1.86. The predicted molar refractivity (Wildman–Crippen MR) is 102 cm³/mol. The minimum absolute atomic E-state index is 0.729. The maximum Gasteiger partial charge on any atom is 0.150 e. The number of aryl methyl sites for hydroxylation is 2. The van der Waals surface area contributed by atoms with Crippen molar-refractivity contribution in [3.05, 3.63) is 77.4 Å². The molecule has 126 valence electrons. The zero-order valence-electron chi connectivity index (χ0n) is 14.6. The molecular weight excluding hydrogens is 294 g/mol. The number of nitrogens with two attached hydrogens (primary N) is 1. The number of allylic oxidation sites excluding steroid dienone is 2. The fraction of sp³-hybridized carbons (Fsp3) is 0.318. The molecule has 2 aromatic rings. The Morgan fingerprint density at radius 1 is 0.917 bits per heavy atom. The largest absolute Gasteiger partial charge is 0.399 e. The number of anilines is 1.